The molecule has 0 fully saturated rings. The molecular weight excluding hydrogens is 284 g/mol. The quantitative estimate of drug-likeness (QED) is 0.495. The molecule has 3 aromatic rings. The van der Waals surface area contributed by atoms with Gasteiger partial charge in [0, 0.05) is 16.0 Å². The molecule has 0 aliphatic rings. The van der Waals surface area contributed by atoms with E-state index in [0.29, 0.717) is 5.92 Å². The molecule has 0 atom stereocenters. The van der Waals surface area contributed by atoms with Crippen molar-refractivity contribution >= 4 is 33.3 Å². The van der Waals surface area contributed by atoms with E-state index < -0.39 is 0 Å². The number of thiophene rings is 1. The van der Waals surface area contributed by atoms with E-state index in [1.165, 1.54) is 15.8 Å². The van der Waals surface area contributed by atoms with E-state index >= 15 is 0 Å². The van der Waals surface area contributed by atoms with Crippen LogP contribution in [0.1, 0.15) is 13.8 Å². The van der Waals surface area contributed by atoms with Gasteiger partial charge in [-0.15, -0.1) is 23.1 Å². The molecule has 0 bridgehead atoms. The zero-order valence-corrected chi connectivity index (χ0v) is 13.2. The second-order valence-corrected chi connectivity index (χ2v) is 7.12. The first-order chi connectivity index (χ1) is 9.74. The summed E-state index contributed by atoms with van der Waals surface area (Å²) < 4.78 is 0. The van der Waals surface area contributed by atoms with Crippen LogP contribution in [0.25, 0.3) is 20.7 Å². The van der Waals surface area contributed by atoms with Crippen molar-refractivity contribution in [2.75, 3.05) is 5.75 Å². The van der Waals surface area contributed by atoms with Gasteiger partial charge >= 0.3 is 0 Å². The Morgan fingerprint density at radius 3 is 2.70 bits per heavy atom. The maximum atomic E-state index is 4.44. The van der Waals surface area contributed by atoms with E-state index in [0.717, 1.165) is 15.6 Å². The lowest BCUT2D eigenvalue weighted by molar-refractivity contribution is 0.749. The van der Waals surface area contributed by atoms with Gasteiger partial charge in [0.05, 0.1) is 0 Å². The number of fused-ring (bicyclic) bond motifs is 1. The highest BCUT2D eigenvalue weighted by molar-refractivity contribution is 7.99. The maximum Gasteiger partial charge on any atom is 0.128 e. The van der Waals surface area contributed by atoms with Crippen molar-refractivity contribution in [2.24, 2.45) is 5.92 Å². The average Bonchev–Trinajstić information content (AvgIpc) is 2.90. The fraction of sp³-hybridized carbons (Fsp3) is 0.250. The lowest BCUT2D eigenvalue weighted by Crippen LogP contribution is -1.92. The average molecular weight is 300 g/mol. The molecule has 0 aliphatic heterocycles. The number of nitrogens with zero attached hydrogens (tertiary/aromatic N) is 2. The minimum atomic E-state index is 0.664. The molecule has 2 nitrogen and oxygen atoms in total. The minimum Gasteiger partial charge on any atom is -0.229 e. The molecule has 0 aliphatic carbocycles. The van der Waals surface area contributed by atoms with Gasteiger partial charge in [-0.1, -0.05) is 44.2 Å². The smallest absolute Gasteiger partial charge is 0.128 e. The van der Waals surface area contributed by atoms with Gasteiger partial charge in [0.2, 0.25) is 0 Å². The second kappa shape index (κ2) is 5.94. The first-order valence-corrected chi connectivity index (χ1v) is 8.47. The molecule has 4 heteroatoms. The van der Waals surface area contributed by atoms with E-state index in [2.05, 4.69) is 54.1 Å². The van der Waals surface area contributed by atoms with Crippen molar-refractivity contribution in [3.63, 3.8) is 0 Å². The lowest BCUT2D eigenvalue weighted by atomic mass is 10.2. The van der Waals surface area contributed by atoms with Crippen LogP contribution in [0.3, 0.4) is 0 Å². The number of rotatable bonds is 4. The summed E-state index contributed by atoms with van der Waals surface area (Å²) in [5, 5.41) is 2.28. The Labute approximate surface area is 127 Å². The van der Waals surface area contributed by atoms with Gasteiger partial charge in [0.1, 0.15) is 16.2 Å². The van der Waals surface area contributed by atoms with Crippen LogP contribution >= 0.6 is 23.1 Å². The molecule has 0 radical (unpaired) electrons. The van der Waals surface area contributed by atoms with Crippen molar-refractivity contribution < 1.29 is 0 Å². The number of benzene rings is 1. The molecule has 0 unspecified atom stereocenters. The summed E-state index contributed by atoms with van der Waals surface area (Å²) >= 11 is 3.56. The highest BCUT2D eigenvalue weighted by Gasteiger charge is 2.10. The first-order valence-electron chi connectivity index (χ1n) is 6.67. The molecule has 0 N–H and O–H groups in total. The van der Waals surface area contributed by atoms with Crippen LogP contribution in [0.2, 0.25) is 0 Å². The summed E-state index contributed by atoms with van der Waals surface area (Å²) in [6, 6.07) is 12.7. The molecule has 1 aromatic carbocycles. The standard InChI is InChI=1S/C16H16N2S2/c1-11(2)9-19-15-13-8-14(12-6-4-3-5-7-12)20-16(13)18-10-17-15/h3-8,10-11H,9H2,1-2H3. The molecule has 3 rings (SSSR count). The van der Waals surface area contributed by atoms with Gasteiger partial charge in [-0.05, 0) is 17.5 Å². The molecule has 2 heterocycles. The topological polar surface area (TPSA) is 25.8 Å². The van der Waals surface area contributed by atoms with Crippen molar-refractivity contribution in [2.45, 2.75) is 18.9 Å². The zero-order chi connectivity index (χ0) is 13.9. The molecule has 102 valence electrons. The molecule has 0 saturated carbocycles. The Hall–Kier alpha value is -1.39. The summed E-state index contributed by atoms with van der Waals surface area (Å²) in [4.78, 5) is 11.2. The maximum absolute atomic E-state index is 4.44. The van der Waals surface area contributed by atoms with E-state index in [4.69, 9.17) is 0 Å². The van der Waals surface area contributed by atoms with E-state index in [1.54, 1.807) is 17.7 Å². The molecule has 2 aromatic heterocycles. The van der Waals surface area contributed by atoms with Crippen LogP contribution in [0.5, 0.6) is 0 Å². The van der Waals surface area contributed by atoms with Crippen LogP contribution in [0, 0.1) is 5.92 Å². The van der Waals surface area contributed by atoms with Gasteiger partial charge in [0.15, 0.2) is 0 Å². The van der Waals surface area contributed by atoms with Crippen LogP contribution in [0.4, 0.5) is 0 Å². The van der Waals surface area contributed by atoms with Crippen molar-refractivity contribution in [1.82, 2.24) is 9.97 Å². The number of aromatic nitrogens is 2. The normalized spacial score (nSPS) is 11.3. The SMILES string of the molecule is CC(C)CSc1ncnc2sc(-c3ccccc3)cc12. The van der Waals surface area contributed by atoms with E-state index in [-0.39, 0.29) is 0 Å². The minimum absolute atomic E-state index is 0.664. The Bertz CT molecular complexity index is 705. The monoisotopic (exact) mass is 300 g/mol. The fourth-order valence-corrected chi connectivity index (χ4v) is 3.93. The van der Waals surface area contributed by atoms with Crippen molar-refractivity contribution in [3.05, 3.63) is 42.7 Å². The third kappa shape index (κ3) is 2.86. The highest BCUT2D eigenvalue weighted by Crippen LogP contribution is 2.36. The summed E-state index contributed by atoms with van der Waals surface area (Å²) in [6.45, 7) is 4.46. The van der Waals surface area contributed by atoms with Gasteiger partial charge in [-0.25, -0.2) is 9.97 Å². The van der Waals surface area contributed by atoms with Crippen LogP contribution < -0.4 is 0 Å². The van der Waals surface area contributed by atoms with Crippen molar-refractivity contribution in [1.29, 1.82) is 0 Å². The molecule has 0 spiro atoms. The van der Waals surface area contributed by atoms with Crippen LogP contribution in [-0.2, 0) is 0 Å². The lowest BCUT2D eigenvalue weighted by Gasteiger charge is -2.03. The zero-order valence-electron chi connectivity index (χ0n) is 11.5. The van der Waals surface area contributed by atoms with E-state index in [9.17, 15) is 0 Å². The van der Waals surface area contributed by atoms with E-state index in [1.807, 2.05) is 17.8 Å². The molecular formula is C16H16N2S2. The number of hydrogen-bond acceptors (Lipinski definition) is 4. The van der Waals surface area contributed by atoms with Crippen molar-refractivity contribution in [3.8, 4) is 10.4 Å². The third-order valence-corrected chi connectivity index (χ3v) is 5.43. The summed E-state index contributed by atoms with van der Waals surface area (Å²) in [6.07, 6.45) is 1.68. The van der Waals surface area contributed by atoms with Gasteiger partial charge < -0.3 is 0 Å². The Morgan fingerprint density at radius 1 is 1.15 bits per heavy atom. The fourth-order valence-electron chi connectivity index (χ4n) is 1.94. The summed E-state index contributed by atoms with van der Waals surface area (Å²) in [5.41, 5.74) is 1.25. The molecule has 0 amide bonds. The van der Waals surface area contributed by atoms with Gasteiger partial charge in [0.25, 0.3) is 0 Å². The number of thioether (sulfide) groups is 1. The molecule has 20 heavy (non-hydrogen) atoms. The predicted molar refractivity (Wildman–Crippen MR) is 88.4 cm³/mol. The molecule has 0 saturated heterocycles. The van der Waals surface area contributed by atoms with Crippen LogP contribution in [-0.4, -0.2) is 15.7 Å². The number of hydrogen-bond donors (Lipinski definition) is 0. The third-order valence-electron chi connectivity index (χ3n) is 2.90. The van der Waals surface area contributed by atoms with Gasteiger partial charge in [-0.3, -0.25) is 0 Å². The summed E-state index contributed by atoms with van der Waals surface area (Å²) in [7, 11) is 0. The second-order valence-electron chi connectivity index (χ2n) is 5.08. The summed E-state index contributed by atoms with van der Waals surface area (Å²) in [5.74, 6) is 1.75. The Kier molecular flexibility index (Phi) is 4.03. The first kappa shape index (κ1) is 13.6. The predicted octanol–water partition coefficient (Wildman–Crippen LogP) is 5.11. The Morgan fingerprint density at radius 2 is 1.95 bits per heavy atom. The van der Waals surface area contributed by atoms with Gasteiger partial charge in [-0.2, -0.15) is 0 Å². The highest BCUT2D eigenvalue weighted by atomic mass is 32.2. The largest absolute Gasteiger partial charge is 0.229 e. The van der Waals surface area contributed by atoms with Crippen LogP contribution in [0.15, 0.2) is 47.8 Å². The Balaban J connectivity index is 2.00.